The number of rotatable bonds is 7. The molecule has 2 N–H and O–H groups in total. The largest absolute Gasteiger partial charge is 0.493 e. The smallest absolute Gasteiger partial charge is 0.119 e. The zero-order valence-corrected chi connectivity index (χ0v) is 12.2. The van der Waals surface area contributed by atoms with Gasteiger partial charge < -0.3 is 10.5 Å². The Kier molecular flexibility index (Phi) is 5.18. The van der Waals surface area contributed by atoms with Gasteiger partial charge in [-0.05, 0) is 36.6 Å². The van der Waals surface area contributed by atoms with Gasteiger partial charge in [0.1, 0.15) is 5.75 Å². The van der Waals surface area contributed by atoms with E-state index in [1.807, 2.05) is 29.9 Å². The van der Waals surface area contributed by atoms with Crippen LogP contribution in [-0.2, 0) is 19.9 Å². The molecule has 0 saturated carbocycles. The molecule has 1 unspecified atom stereocenters. The van der Waals surface area contributed by atoms with Crippen LogP contribution in [-0.4, -0.2) is 22.4 Å². The highest BCUT2D eigenvalue weighted by Gasteiger charge is 2.02. The molecule has 2 rings (SSSR count). The highest BCUT2D eigenvalue weighted by Crippen LogP contribution is 2.14. The molecule has 0 amide bonds. The molecule has 0 fully saturated rings. The molecule has 2 aromatic rings. The molecule has 0 spiro atoms. The summed E-state index contributed by atoms with van der Waals surface area (Å²) in [7, 11) is 1.95. The van der Waals surface area contributed by atoms with Gasteiger partial charge in [-0.2, -0.15) is 5.10 Å². The molecule has 4 nitrogen and oxygen atoms in total. The monoisotopic (exact) mass is 273 g/mol. The molecule has 0 saturated heterocycles. The Morgan fingerprint density at radius 1 is 1.25 bits per heavy atom. The fourth-order valence-corrected chi connectivity index (χ4v) is 2.09. The van der Waals surface area contributed by atoms with Crippen LogP contribution in [0.5, 0.6) is 5.75 Å². The van der Waals surface area contributed by atoms with Crippen molar-refractivity contribution < 1.29 is 4.74 Å². The van der Waals surface area contributed by atoms with Gasteiger partial charge in [0.15, 0.2) is 0 Å². The Morgan fingerprint density at radius 3 is 2.60 bits per heavy atom. The third kappa shape index (κ3) is 4.10. The lowest BCUT2D eigenvalue weighted by Gasteiger charge is -2.10. The van der Waals surface area contributed by atoms with E-state index >= 15 is 0 Å². The molecule has 0 radical (unpaired) electrons. The van der Waals surface area contributed by atoms with E-state index in [1.54, 1.807) is 6.20 Å². The lowest BCUT2D eigenvalue weighted by molar-refractivity contribution is 0.318. The second-order valence-electron chi connectivity index (χ2n) is 5.06. The number of ether oxygens (including phenoxy) is 1. The molecule has 1 heterocycles. The van der Waals surface area contributed by atoms with Crippen molar-refractivity contribution in [1.82, 2.24) is 9.78 Å². The maximum Gasteiger partial charge on any atom is 0.119 e. The Morgan fingerprint density at radius 2 is 2.00 bits per heavy atom. The molecule has 20 heavy (non-hydrogen) atoms. The quantitative estimate of drug-likeness (QED) is 0.842. The molecule has 0 aliphatic heterocycles. The predicted octanol–water partition coefficient (Wildman–Crippen LogP) is 2.32. The summed E-state index contributed by atoms with van der Waals surface area (Å²) < 4.78 is 7.62. The number of benzene rings is 1. The molecule has 1 aromatic heterocycles. The summed E-state index contributed by atoms with van der Waals surface area (Å²) in [6.07, 6.45) is 4.59. The molecule has 0 bridgehead atoms. The Labute approximate surface area is 120 Å². The second-order valence-corrected chi connectivity index (χ2v) is 5.06. The Bertz CT molecular complexity index is 519. The number of aromatic nitrogens is 2. The minimum atomic E-state index is 0.242. The predicted molar refractivity (Wildman–Crippen MR) is 80.8 cm³/mol. The normalized spacial score (nSPS) is 12.3. The molecule has 108 valence electrons. The lowest BCUT2D eigenvalue weighted by atomic mass is 10.0. The minimum absolute atomic E-state index is 0.242. The summed E-state index contributed by atoms with van der Waals surface area (Å²) in [5, 5.41) is 4.14. The van der Waals surface area contributed by atoms with Crippen molar-refractivity contribution >= 4 is 0 Å². The number of hydrogen-bond donors (Lipinski definition) is 1. The van der Waals surface area contributed by atoms with Gasteiger partial charge in [0, 0.05) is 31.4 Å². The zero-order valence-electron chi connectivity index (χ0n) is 12.2. The highest BCUT2D eigenvalue weighted by atomic mass is 16.5. The van der Waals surface area contributed by atoms with Crippen molar-refractivity contribution in [3.05, 3.63) is 47.8 Å². The SMILES string of the molecule is CCC(N)Cc1ccc(OCCc2ccnn2C)cc1. The van der Waals surface area contributed by atoms with E-state index in [9.17, 15) is 0 Å². The van der Waals surface area contributed by atoms with Gasteiger partial charge in [0.05, 0.1) is 6.61 Å². The lowest BCUT2D eigenvalue weighted by Crippen LogP contribution is -2.21. The Hall–Kier alpha value is -1.81. The first-order chi connectivity index (χ1) is 9.69. The standard InChI is InChI=1S/C16H23N3O/c1-3-14(17)12-13-4-6-16(7-5-13)20-11-9-15-8-10-18-19(15)2/h4-8,10,14H,3,9,11-12,17H2,1-2H3. The van der Waals surface area contributed by atoms with Crippen molar-refractivity contribution in [2.24, 2.45) is 12.8 Å². The van der Waals surface area contributed by atoms with Crippen molar-refractivity contribution in [2.75, 3.05) is 6.61 Å². The topological polar surface area (TPSA) is 53.1 Å². The van der Waals surface area contributed by atoms with Crippen LogP contribution in [0, 0.1) is 0 Å². The average Bonchev–Trinajstić information content (AvgIpc) is 2.86. The van der Waals surface area contributed by atoms with E-state index in [1.165, 1.54) is 11.3 Å². The van der Waals surface area contributed by atoms with Gasteiger partial charge in [-0.25, -0.2) is 0 Å². The fraction of sp³-hybridized carbons (Fsp3) is 0.438. The summed E-state index contributed by atoms with van der Waals surface area (Å²) >= 11 is 0. The molecule has 0 aliphatic rings. The first kappa shape index (κ1) is 14.6. The summed E-state index contributed by atoms with van der Waals surface area (Å²) in [6, 6.07) is 10.5. The molecular weight excluding hydrogens is 250 g/mol. The van der Waals surface area contributed by atoms with Crippen LogP contribution in [0.3, 0.4) is 0 Å². The summed E-state index contributed by atoms with van der Waals surface area (Å²) in [5.74, 6) is 0.904. The summed E-state index contributed by atoms with van der Waals surface area (Å²) in [5.41, 5.74) is 8.39. The van der Waals surface area contributed by atoms with Crippen molar-refractivity contribution in [3.8, 4) is 5.75 Å². The fourth-order valence-electron chi connectivity index (χ4n) is 2.09. The third-order valence-electron chi connectivity index (χ3n) is 3.50. The van der Waals surface area contributed by atoms with Gasteiger partial charge in [-0.3, -0.25) is 4.68 Å². The van der Waals surface area contributed by atoms with Gasteiger partial charge in [-0.15, -0.1) is 0 Å². The van der Waals surface area contributed by atoms with Crippen LogP contribution in [0.1, 0.15) is 24.6 Å². The maximum absolute atomic E-state index is 5.95. The first-order valence-corrected chi connectivity index (χ1v) is 7.13. The first-order valence-electron chi connectivity index (χ1n) is 7.13. The summed E-state index contributed by atoms with van der Waals surface area (Å²) in [4.78, 5) is 0. The summed E-state index contributed by atoms with van der Waals surface area (Å²) in [6.45, 7) is 2.77. The molecule has 1 aromatic carbocycles. The average molecular weight is 273 g/mol. The van der Waals surface area contributed by atoms with Crippen LogP contribution in [0.25, 0.3) is 0 Å². The van der Waals surface area contributed by atoms with Crippen LogP contribution < -0.4 is 10.5 Å². The number of nitrogens with zero attached hydrogens (tertiary/aromatic N) is 2. The third-order valence-corrected chi connectivity index (χ3v) is 3.50. The number of nitrogens with two attached hydrogens (primary N) is 1. The molecule has 0 aliphatic carbocycles. The van der Waals surface area contributed by atoms with Crippen molar-refractivity contribution in [3.63, 3.8) is 0 Å². The van der Waals surface area contributed by atoms with E-state index in [-0.39, 0.29) is 6.04 Å². The van der Waals surface area contributed by atoms with Crippen LogP contribution in [0.4, 0.5) is 0 Å². The van der Waals surface area contributed by atoms with Gasteiger partial charge in [-0.1, -0.05) is 19.1 Å². The van der Waals surface area contributed by atoms with E-state index in [0.717, 1.165) is 25.0 Å². The van der Waals surface area contributed by atoms with E-state index in [2.05, 4.69) is 24.2 Å². The maximum atomic E-state index is 5.95. The van der Waals surface area contributed by atoms with E-state index < -0.39 is 0 Å². The second kappa shape index (κ2) is 7.10. The molecule has 1 atom stereocenters. The van der Waals surface area contributed by atoms with Gasteiger partial charge in [0.25, 0.3) is 0 Å². The number of hydrogen-bond acceptors (Lipinski definition) is 3. The molecule has 4 heteroatoms. The van der Waals surface area contributed by atoms with Crippen molar-refractivity contribution in [2.45, 2.75) is 32.2 Å². The van der Waals surface area contributed by atoms with E-state index in [0.29, 0.717) is 6.61 Å². The van der Waals surface area contributed by atoms with Crippen LogP contribution in [0.2, 0.25) is 0 Å². The zero-order chi connectivity index (χ0) is 14.4. The Balaban J connectivity index is 1.80. The van der Waals surface area contributed by atoms with Gasteiger partial charge >= 0.3 is 0 Å². The highest BCUT2D eigenvalue weighted by molar-refractivity contribution is 5.27. The van der Waals surface area contributed by atoms with Crippen molar-refractivity contribution in [1.29, 1.82) is 0 Å². The van der Waals surface area contributed by atoms with Crippen LogP contribution >= 0.6 is 0 Å². The number of aryl methyl sites for hydroxylation is 1. The van der Waals surface area contributed by atoms with Gasteiger partial charge in [0.2, 0.25) is 0 Å². The van der Waals surface area contributed by atoms with E-state index in [4.69, 9.17) is 10.5 Å². The minimum Gasteiger partial charge on any atom is -0.493 e. The van der Waals surface area contributed by atoms with Crippen LogP contribution in [0.15, 0.2) is 36.5 Å². The molecular formula is C16H23N3O.